The second-order valence-corrected chi connectivity index (χ2v) is 7.02. The number of carbonyl (C=O) groups excluding carboxylic acids is 1. The lowest BCUT2D eigenvalue weighted by Crippen LogP contribution is -2.42. The summed E-state index contributed by atoms with van der Waals surface area (Å²) >= 11 is 1.13. The van der Waals surface area contributed by atoms with Gasteiger partial charge in [0.1, 0.15) is 11.3 Å². The lowest BCUT2D eigenvalue weighted by atomic mass is 10.1. The summed E-state index contributed by atoms with van der Waals surface area (Å²) in [4.78, 5) is 17.9. The van der Waals surface area contributed by atoms with Crippen LogP contribution >= 0.6 is 11.3 Å². The molecule has 1 N–H and O–H groups in total. The molecule has 1 amide bonds. The summed E-state index contributed by atoms with van der Waals surface area (Å²) in [6.45, 7) is 3.02. The first-order chi connectivity index (χ1) is 11.2. The maximum absolute atomic E-state index is 13.2. The number of nitrogens with zero attached hydrogens (tertiary/aromatic N) is 4. The lowest BCUT2D eigenvalue weighted by Gasteiger charge is -2.31. The number of carbonyl (C=O) groups is 1. The van der Waals surface area contributed by atoms with Crippen LogP contribution < -0.4 is 0 Å². The number of amides is 1. The average molecular weight is 358 g/mol. The Morgan fingerprint density at radius 1 is 1.38 bits per heavy atom. The number of halogens is 2. The van der Waals surface area contributed by atoms with Crippen LogP contribution in [0.5, 0.6) is 0 Å². The molecular weight excluding hydrogens is 342 g/mol. The smallest absolute Gasteiger partial charge is 0.276 e. The van der Waals surface area contributed by atoms with E-state index in [0.717, 1.165) is 11.3 Å². The molecule has 1 fully saturated rings. The second kappa shape index (κ2) is 5.85. The number of aliphatic hydroxyl groups is 1. The lowest BCUT2D eigenvalue weighted by molar-refractivity contribution is -0.0495. The van der Waals surface area contributed by atoms with Crippen molar-refractivity contribution in [2.24, 2.45) is 0 Å². The van der Waals surface area contributed by atoms with Gasteiger partial charge in [0.05, 0.1) is 0 Å². The molecule has 7 nitrogen and oxygen atoms in total. The first kappa shape index (κ1) is 16.9. The molecule has 130 valence electrons. The number of alkyl halides is 2. The monoisotopic (exact) mass is 358 g/mol. The van der Waals surface area contributed by atoms with Crippen LogP contribution in [0.1, 0.15) is 43.1 Å². The van der Waals surface area contributed by atoms with Gasteiger partial charge < -0.3 is 14.4 Å². The minimum absolute atomic E-state index is 0.00208. The third-order valence-electron chi connectivity index (χ3n) is 3.64. The first-order valence-corrected chi connectivity index (χ1v) is 8.23. The summed E-state index contributed by atoms with van der Waals surface area (Å²) in [5.74, 6) is -2.96. The van der Waals surface area contributed by atoms with E-state index in [1.54, 1.807) is 0 Å². The van der Waals surface area contributed by atoms with E-state index in [2.05, 4.69) is 15.2 Å². The maximum atomic E-state index is 13.2. The summed E-state index contributed by atoms with van der Waals surface area (Å²) in [5, 5.41) is 19.2. The van der Waals surface area contributed by atoms with Crippen LogP contribution in [0, 0.1) is 0 Å². The number of hydrogen-bond acceptors (Lipinski definition) is 7. The summed E-state index contributed by atoms with van der Waals surface area (Å²) in [6, 6.07) is 0. The van der Waals surface area contributed by atoms with Gasteiger partial charge in [-0.1, -0.05) is 0 Å². The van der Waals surface area contributed by atoms with Gasteiger partial charge in [-0.15, -0.1) is 21.5 Å². The van der Waals surface area contributed by atoms with Crippen molar-refractivity contribution in [1.29, 1.82) is 0 Å². The van der Waals surface area contributed by atoms with Crippen LogP contribution in [0.25, 0.3) is 10.9 Å². The fraction of sp³-hybridized carbons (Fsp3) is 0.571. The summed E-state index contributed by atoms with van der Waals surface area (Å²) in [6.07, 6.45) is -0.678. The van der Waals surface area contributed by atoms with Gasteiger partial charge in [-0.25, -0.2) is 13.8 Å². The Hall–Kier alpha value is -1.94. The molecule has 0 aliphatic carbocycles. The summed E-state index contributed by atoms with van der Waals surface area (Å²) in [7, 11) is 0. The molecule has 10 heteroatoms. The third-order valence-corrected chi connectivity index (χ3v) is 4.47. The molecule has 0 bridgehead atoms. The van der Waals surface area contributed by atoms with Crippen molar-refractivity contribution in [3.63, 3.8) is 0 Å². The molecule has 24 heavy (non-hydrogen) atoms. The predicted molar refractivity (Wildman–Crippen MR) is 80.7 cm³/mol. The molecule has 3 rings (SSSR count). The highest BCUT2D eigenvalue weighted by atomic mass is 32.1. The van der Waals surface area contributed by atoms with Crippen molar-refractivity contribution in [3.8, 4) is 10.9 Å². The topological polar surface area (TPSA) is 92.3 Å². The van der Waals surface area contributed by atoms with Gasteiger partial charge >= 0.3 is 0 Å². The number of piperidine rings is 1. The number of hydrogen-bond donors (Lipinski definition) is 1. The van der Waals surface area contributed by atoms with Crippen LogP contribution in [0.3, 0.4) is 0 Å². The van der Waals surface area contributed by atoms with Crippen molar-refractivity contribution in [1.82, 2.24) is 20.1 Å². The fourth-order valence-electron chi connectivity index (χ4n) is 2.23. The average Bonchev–Trinajstić information content (AvgIpc) is 3.15. The molecule has 0 aromatic carbocycles. The van der Waals surface area contributed by atoms with Gasteiger partial charge in [0, 0.05) is 31.3 Å². The van der Waals surface area contributed by atoms with Crippen LogP contribution in [0.4, 0.5) is 8.78 Å². The largest absolute Gasteiger partial charge is 0.415 e. The number of aromatic nitrogens is 3. The number of likely N-dealkylation sites (tertiary alicyclic amines) is 1. The fourth-order valence-corrected chi connectivity index (χ4v) is 2.94. The van der Waals surface area contributed by atoms with Gasteiger partial charge in [-0.05, 0) is 13.8 Å². The van der Waals surface area contributed by atoms with Crippen LogP contribution in [0.2, 0.25) is 0 Å². The predicted octanol–water partition coefficient (Wildman–Crippen LogP) is 2.29. The molecule has 0 radical (unpaired) electrons. The van der Waals surface area contributed by atoms with E-state index in [1.165, 1.54) is 24.1 Å². The molecule has 1 aliphatic heterocycles. The SMILES string of the molecule is CC(C)(O)c1nnc(-c2nc(C(=O)N3CCC(F)(F)CC3)cs2)o1. The van der Waals surface area contributed by atoms with E-state index in [1.807, 2.05) is 0 Å². The molecule has 1 aliphatic rings. The standard InChI is InChI=1S/C14H16F2N4O3S/c1-13(2,22)12-19-18-9(23-12)10-17-8(7-24-10)11(21)20-5-3-14(15,16)4-6-20/h7,22H,3-6H2,1-2H3. The first-order valence-electron chi connectivity index (χ1n) is 7.35. The molecule has 3 heterocycles. The Morgan fingerprint density at radius 2 is 2.04 bits per heavy atom. The van der Waals surface area contributed by atoms with Gasteiger partial charge in [-0.3, -0.25) is 4.79 Å². The van der Waals surface area contributed by atoms with E-state index in [-0.39, 0.29) is 43.4 Å². The van der Waals surface area contributed by atoms with Crippen molar-refractivity contribution < 1.29 is 23.1 Å². The van der Waals surface area contributed by atoms with E-state index in [0.29, 0.717) is 5.01 Å². The van der Waals surface area contributed by atoms with Crippen molar-refractivity contribution >= 4 is 17.2 Å². The van der Waals surface area contributed by atoms with Gasteiger partial charge in [0.25, 0.3) is 17.7 Å². The van der Waals surface area contributed by atoms with Crippen molar-refractivity contribution in [2.75, 3.05) is 13.1 Å². The summed E-state index contributed by atoms with van der Waals surface area (Å²) < 4.78 is 31.7. The highest BCUT2D eigenvalue weighted by Gasteiger charge is 2.36. The molecule has 0 spiro atoms. The highest BCUT2D eigenvalue weighted by Crippen LogP contribution is 2.30. The van der Waals surface area contributed by atoms with E-state index >= 15 is 0 Å². The molecule has 0 saturated carbocycles. The van der Waals surface area contributed by atoms with Crippen molar-refractivity contribution in [3.05, 3.63) is 17.0 Å². The molecule has 1 saturated heterocycles. The number of thiazole rings is 1. The maximum Gasteiger partial charge on any atom is 0.276 e. The normalized spacial score (nSPS) is 18.0. The zero-order valence-corrected chi connectivity index (χ0v) is 13.9. The highest BCUT2D eigenvalue weighted by molar-refractivity contribution is 7.13. The molecular formula is C14H16F2N4O3S. The molecule has 2 aromatic rings. The quantitative estimate of drug-likeness (QED) is 0.905. The van der Waals surface area contributed by atoms with Crippen molar-refractivity contribution in [2.45, 2.75) is 38.2 Å². The Labute approximate surface area is 140 Å². The minimum atomic E-state index is -2.71. The molecule has 0 unspecified atom stereocenters. The summed E-state index contributed by atoms with van der Waals surface area (Å²) in [5.41, 5.74) is -1.12. The van der Waals surface area contributed by atoms with Crippen LogP contribution in [0.15, 0.2) is 9.80 Å². The van der Waals surface area contributed by atoms with Crippen LogP contribution in [-0.4, -0.2) is 50.1 Å². The minimum Gasteiger partial charge on any atom is -0.415 e. The number of rotatable bonds is 3. The van der Waals surface area contributed by atoms with E-state index < -0.39 is 17.4 Å². The van der Waals surface area contributed by atoms with Gasteiger partial charge in [-0.2, -0.15) is 0 Å². The Balaban J connectivity index is 1.74. The van der Waals surface area contributed by atoms with E-state index in [9.17, 15) is 18.7 Å². The zero-order chi connectivity index (χ0) is 17.5. The Morgan fingerprint density at radius 3 is 2.62 bits per heavy atom. The molecule has 2 aromatic heterocycles. The van der Waals surface area contributed by atoms with E-state index in [4.69, 9.17) is 4.42 Å². The van der Waals surface area contributed by atoms with Gasteiger partial charge in [0.2, 0.25) is 5.89 Å². The Bertz CT molecular complexity index is 743. The molecule has 0 atom stereocenters. The Kier molecular flexibility index (Phi) is 4.12. The van der Waals surface area contributed by atoms with Gasteiger partial charge in [0.15, 0.2) is 5.01 Å². The third kappa shape index (κ3) is 3.44. The zero-order valence-electron chi connectivity index (χ0n) is 13.1. The van der Waals surface area contributed by atoms with Crippen LogP contribution in [-0.2, 0) is 5.60 Å². The second-order valence-electron chi connectivity index (χ2n) is 6.16.